The van der Waals surface area contributed by atoms with Gasteiger partial charge in [-0.3, -0.25) is 14.9 Å². The predicted octanol–water partition coefficient (Wildman–Crippen LogP) is 2.88. The lowest BCUT2D eigenvalue weighted by Gasteiger charge is -2.18. The molecule has 2 amide bonds. The number of pyridine rings is 1. The van der Waals surface area contributed by atoms with Crippen molar-refractivity contribution in [1.29, 1.82) is 0 Å². The van der Waals surface area contributed by atoms with E-state index in [1.165, 1.54) is 0 Å². The van der Waals surface area contributed by atoms with E-state index in [1.807, 2.05) is 54.4 Å². The molecule has 1 N–H and O–H groups in total. The summed E-state index contributed by atoms with van der Waals surface area (Å²) in [7, 11) is 1.98. The van der Waals surface area contributed by atoms with E-state index in [1.54, 1.807) is 6.20 Å². The molecule has 1 atom stereocenters. The summed E-state index contributed by atoms with van der Waals surface area (Å²) in [5.41, 5.74) is 1.12. The molecule has 2 heterocycles. The number of hydrogen-bond acceptors (Lipinski definition) is 6. The summed E-state index contributed by atoms with van der Waals surface area (Å²) in [6.07, 6.45) is 3.17. The molecule has 1 fully saturated rings. The largest absolute Gasteiger partial charge is 0.492 e. The van der Waals surface area contributed by atoms with Crippen LogP contribution in [0.3, 0.4) is 0 Å². The number of carbonyl (C=O) groups excluding carboxylic acids is 2. The summed E-state index contributed by atoms with van der Waals surface area (Å²) in [6.45, 7) is 1.30. The first-order chi connectivity index (χ1) is 12.6. The summed E-state index contributed by atoms with van der Waals surface area (Å²) in [4.78, 5) is 29.1. The van der Waals surface area contributed by atoms with Crippen LogP contribution in [0.5, 0.6) is 5.75 Å². The van der Waals surface area contributed by atoms with E-state index in [0.717, 1.165) is 41.9 Å². The molecule has 0 aliphatic carbocycles. The van der Waals surface area contributed by atoms with E-state index in [0.29, 0.717) is 13.0 Å². The number of nitrogens with one attached hydrogen (secondary N) is 1. The van der Waals surface area contributed by atoms with Crippen LogP contribution in [-0.2, 0) is 11.2 Å². The van der Waals surface area contributed by atoms with Gasteiger partial charge in [-0.05, 0) is 42.7 Å². The maximum atomic E-state index is 11.6. The number of hydrogen-bond donors (Lipinski definition) is 1. The van der Waals surface area contributed by atoms with E-state index in [9.17, 15) is 9.59 Å². The van der Waals surface area contributed by atoms with E-state index in [2.05, 4.69) is 10.3 Å². The minimum atomic E-state index is -0.277. The first kappa shape index (κ1) is 18.3. The van der Waals surface area contributed by atoms with Crippen LogP contribution >= 0.6 is 11.8 Å². The number of aromatic nitrogens is 1. The van der Waals surface area contributed by atoms with Gasteiger partial charge in [0.05, 0.1) is 11.8 Å². The fourth-order valence-corrected chi connectivity index (χ4v) is 3.45. The van der Waals surface area contributed by atoms with E-state index < -0.39 is 0 Å². The third-order valence-corrected chi connectivity index (χ3v) is 5.17. The lowest BCUT2D eigenvalue weighted by Crippen LogP contribution is -2.24. The van der Waals surface area contributed by atoms with E-state index in [-0.39, 0.29) is 16.4 Å². The quantitative estimate of drug-likeness (QED) is 0.769. The van der Waals surface area contributed by atoms with Crippen molar-refractivity contribution in [2.24, 2.45) is 0 Å². The first-order valence-electron chi connectivity index (χ1n) is 8.47. The van der Waals surface area contributed by atoms with Gasteiger partial charge in [0, 0.05) is 13.2 Å². The van der Waals surface area contributed by atoms with Gasteiger partial charge in [-0.15, -0.1) is 0 Å². The number of aryl methyl sites for hydroxylation is 1. The average Bonchev–Trinajstić information content (AvgIpc) is 2.99. The van der Waals surface area contributed by atoms with Gasteiger partial charge in [-0.25, -0.2) is 4.98 Å². The van der Waals surface area contributed by atoms with Crippen molar-refractivity contribution in [3.63, 3.8) is 0 Å². The maximum absolute atomic E-state index is 11.6. The molecule has 1 aromatic carbocycles. The van der Waals surface area contributed by atoms with Crippen molar-refractivity contribution < 1.29 is 14.3 Å². The van der Waals surface area contributed by atoms with Crippen molar-refractivity contribution >= 4 is 28.7 Å². The number of benzene rings is 1. The summed E-state index contributed by atoms with van der Waals surface area (Å²) in [5.74, 6) is 1.54. The smallest absolute Gasteiger partial charge is 0.286 e. The van der Waals surface area contributed by atoms with Crippen LogP contribution in [0.25, 0.3) is 0 Å². The van der Waals surface area contributed by atoms with Gasteiger partial charge in [0.1, 0.15) is 18.2 Å². The Morgan fingerprint density at radius 3 is 2.65 bits per heavy atom. The third kappa shape index (κ3) is 4.98. The molecule has 6 nitrogen and oxygen atoms in total. The standard InChI is InChI=1S/C19H21N3O3S/c1-22(17-4-2-3-11-20-17)12-13-25-15-8-5-14(6-9-15)7-10-16-18(23)21-19(24)26-16/h2-6,8-9,11,16H,7,10,12-13H2,1H3,(H,21,23,24). The molecule has 1 unspecified atom stereocenters. The number of carbonyl (C=O) groups is 2. The molecular weight excluding hydrogens is 350 g/mol. The highest BCUT2D eigenvalue weighted by Gasteiger charge is 2.30. The van der Waals surface area contributed by atoms with Gasteiger partial charge in [0.15, 0.2) is 0 Å². The second-order valence-electron chi connectivity index (χ2n) is 6.02. The Labute approximate surface area is 156 Å². The Morgan fingerprint density at radius 1 is 1.19 bits per heavy atom. The molecule has 26 heavy (non-hydrogen) atoms. The van der Waals surface area contributed by atoms with Crippen LogP contribution in [0, 0.1) is 0 Å². The number of imide groups is 1. The van der Waals surface area contributed by atoms with Crippen LogP contribution in [0.2, 0.25) is 0 Å². The summed E-state index contributed by atoms with van der Waals surface area (Å²) in [5, 5.41) is 1.79. The molecule has 1 aliphatic rings. The van der Waals surface area contributed by atoms with Crippen LogP contribution in [0.1, 0.15) is 12.0 Å². The lowest BCUT2D eigenvalue weighted by molar-refractivity contribution is -0.119. The molecule has 3 rings (SSSR count). The summed E-state index contributed by atoms with van der Waals surface area (Å²) >= 11 is 1.07. The van der Waals surface area contributed by atoms with Crippen LogP contribution in [0.15, 0.2) is 48.7 Å². The minimum Gasteiger partial charge on any atom is -0.492 e. The Balaban J connectivity index is 1.41. The number of ether oxygens (including phenoxy) is 1. The minimum absolute atomic E-state index is 0.183. The van der Waals surface area contributed by atoms with Crippen LogP contribution in [-0.4, -0.2) is 41.6 Å². The zero-order valence-corrected chi connectivity index (χ0v) is 15.4. The van der Waals surface area contributed by atoms with E-state index >= 15 is 0 Å². The topological polar surface area (TPSA) is 71.5 Å². The van der Waals surface area contributed by atoms with Crippen LogP contribution in [0.4, 0.5) is 10.6 Å². The fourth-order valence-electron chi connectivity index (χ4n) is 2.63. The van der Waals surface area contributed by atoms with Gasteiger partial charge in [-0.2, -0.15) is 0 Å². The normalized spacial score (nSPS) is 16.4. The maximum Gasteiger partial charge on any atom is 0.286 e. The van der Waals surface area contributed by atoms with Crippen molar-refractivity contribution in [2.45, 2.75) is 18.1 Å². The highest BCUT2D eigenvalue weighted by Crippen LogP contribution is 2.24. The molecule has 1 aliphatic heterocycles. The van der Waals surface area contributed by atoms with Crippen molar-refractivity contribution in [2.75, 3.05) is 25.1 Å². The average molecular weight is 371 g/mol. The van der Waals surface area contributed by atoms with E-state index in [4.69, 9.17) is 4.74 Å². The number of anilines is 1. The highest BCUT2D eigenvalue weighted by molar-refractivity contribution is 8.15. The number of nitrogens with zero attached hydrogens (tertiary/aromatic N) is 2. The fraction of sp³-hybridized carbons (Fsp3) is 0.316. The van der Waals surface area contributed by atoms with Crippen LogP contribution < -0.4 is 15.0 Å². The Morgan fingerprint density at radius 2 is 2.00 bits per heavy atom. The van der Waals surface area contributed by atoms with Gasteiger partial charge in [0.25, 0.3) is 5.24 Å². The Bertz CT molecular complexity index is 752. The molecule has 1 aromatic heterocycles. The predicted molar refractivity (Wildman–Crippen MR) is 103 cm³/mol. The third-order valence-electron chi connectivity index (χ3n) is 4.12. The zero-order chi connectivity index (χ0) is 18.4. The van der Waals surface area contributed by atoms with Crippen molar-refractivity contribution in [3.05, 3.63) is 54.2 Å². The first-order valence-corrected chi connectivity index (χ1v) is 9.35. The summed E-state index contributed by atoms with van der Waals surface area (Å²) < 4.78 is 5.78. The zero-order valence-electron chi connectivity index (χ0n) is 14.6. The second-order valence-corrected chi connectivity index (χ2v) is 7.20. The van der Waals surface area contributed by atoms with Crippen molar-refractivity contribution in [3.8, 4) is 5.75 Å². The Kier molecular flexibility index (Phi) is 6.12. The SMILES string of the molecule is CN(CCOc1ccc(CCC2SC(=O)NC2=O)cc1)c1ccccn1. The van der Waals surface area contributed by atoms with Gasteiger partial charge in [0.2, 0.25) is 5.91 Å². The highest BCUT2D eigenvalue weighted by atomic mass is 32.2. The number of thioether (sulfide) groups is 1. The summed E-state index contributed by atoms with van der Waals surface area (Å²) in [6, 6.07) is 13.7. The molecule has 7 heteroatoms. The molecular formula is C19H21N3O3S. The molecule has 2 aromatic rings. The lowest BCUT2D eigenvalue weighted by atomic mass is 10.1. The van der Waals surface area contributed by atoms with Gasteiger partial charge >= 0.3 is 0 Å². The van der Waals surface area contributed by atoms with Crippen molar-refractivity contribution in [1.82, 2.24) is 10.3 Å². The number of rotatable bonds is 8. The monoisotopic (exact) mass is 371 g/mol. The molecule has 0 bridgehead atoms. The molecule has 0 saturated carbocycles. The Hall–Kier alpha value is -2.54. The molecule has 1 saturated heterocycles. The number of likely N-dealkylation sites (N-methyl/N-ethyl adjacent to an activating group) is 1. The molecule has 136 valence electrons. The van der Waals surface area contributed by atoms with Gasteiger partial charge < -0.3 is 9.64 Å². The number of amides is 2. The molecule has 0 spiro atoms. The molecule has 0 radical (unpaired) electrons. The second kappa shape index (κ2) is 8.71. The van der Waals surface area contributed by atoms with Gasteiger partial charge in [-0.1, -0.05) is 30.0 Å².